The maximum atomic E-state index is 11.9. The number of rotatable bonds is 6. The lowest BCUT2D eigenvalue weighted by Gasteiger charge is -2.39. The van der Waals surface area contributed by atoms with E-state index in [-0.39, 0.29) is 6.04 Å². The molecule has 0 bridgehead atoms. The lowest BCUT2D eigenvalue weighted by atomic mass is 9.91. The van der Waals surface area contributed by atoms with Gasteiger partial charge in [-0.3, -0.25) is 9.69 Å². The molecule has 1 aliphatic rings. The normalized spacial score (nSPS) is 18.7. The van der Waals surface area contributed by atoms with Crippen molar-refractivity contribution in [2.24, 2.45) is 0 Å². The lowest BCUT2D eigenvalue weighted by molar-refractivity contribution is -0.145. The van der Waals surface area contributed by atoms with Gasteiger partial charge in [-0.15, -0.1) is 0 Å². The zero-order valence-electron chi connectivity index (χ0n) is 16.3. The molecule has 1 N–H and O–H groups in total. The molecule has 2 aromatic rings. The van der Waals surface area contributed by atoms with E-state index < -0.39 is 12.0 Å². The average molecular weight is 368 g/mol. The van der Waals surface area contributed by atoms with Crippen LogP contribution >= 0.6 is 0 Å². The van der Waals surface area contributed by atoms with Gasteiger partial charge in [0, 0.05) is 19.8 Å². The van der Waals surface area contributed by atoms with E-state index in [2.05, 4.69) is 40.1 Å². The molecule has 2 atom stereocenters. The Morgan fingerprint density at radius 1 is 1.15 bits per heavy atom. The number of piperidine rings is 1. The second-order valence-electron chi connectivity index (χ2n) is 7.25. The topological polar surface area (TPSA) is 53.0 Å². The Bertz CT molecular complexity index is 773. The molecule has 0 aromatic heterocycles. The van der Waals surface area contributed by atoms with Crippen LogP contribution in [0.1, 0.15) is 36.4 Å². The fourth-order valence-electron chi connectivity index (χ4n) is 3.87. The van der Waals surface area contributed by atoms with Crippen LogP contribution in [-0.4, -0.2) is 49.8 Å². The maximum Gasteiger partial charge on any atom is 0.320 e. The molecular formula is C22H28N2O3. The maximum absolute atomic E-state index is 11.9. The first-order valence-corrected chi connectivity index (χ1v) is 9.41. The summed E-state index contributed by atoms with van der Waals surface area (Å²) >= 11 is 0. The molecule has 0 saturated carbocycles. The highest BCUT2D eigenvalue weighted by atomic mass is 16.5. The van der Waals surface area contributed by atoms with Crippen LogP contribution in [0.4, 0.5) is 5.69 Å². The van der Waals surface area contributed by atoms with Gasteiger partial charge in [-0.1, -0.05) is 30.7 Å². The van der Waals surface area contributed by atoms with Crippen LogP contribution in [-0.2, 0) is 4.79 Å². The Hall–Kier alpha value is -2.53. The van der Waals surface area contributed by atoms with Crippen molar-refractivity contribution in [3.05, 3.63) is 59.7 Å². The van der Waals surface area contributed by atoms with E-state index in [1.54, 1.807) is 7.11 Å². The summed E-state index contributed by atoms with van der Waals surface area (Å²) in [4.78, 5) is 16.1. The number of aliphatic carboxylic acids is 1. The summed E-state index contributed by atoms with van der Waals surface area (Å²) in [6, 6.07) is 15.7. The monoisotopic (exact) mass is 368 g/mol. The van der Waals surface area contributed by atoms with Gasteiger partial charge in [0.1, 0.15) is 11.8 Å². The Morgan fingerprint density at radius 2 is 1.89 bits per heavy atom. The first-order valence-electron chi connectivity index (χ1n) is 9.41. The predicted molar refractivity (Wildman–Crippen MR) is 108 cm³/mol. The first kappa shape index (κ1) is 19.2. The smallest absolute Gasteiger partial charge is 0.320 e. The zero-order chi connectivity index (χ0) is 19.4. The minimum atomic E-state index is -0.743. The minimum absolute atomic E-state index is 0.113. The molecular weight excluding hydrogens is 340 g/mol. The third-order valence-corrected chi connectivity index (χ3v) is 5.30. The molecule has 1 saturated heterocycles. The molecule has 1 heterocycles. The summed E-state index contributed by atoms with van der Waals surface area (Å²) in [5, 5.41) is 9.80. The lowest BCUT2D eigenvalue weighted by Crippen LogP contribution is -2.46. The predicted octanol–water partition coefficient (Wildman–Crippen LogP) is 3.79. The number of methoxy groups -OCH3 is 1. The van der Waals surface area contributed by atoms with Gasteiger partial charge in [-0.2, -0.15) is 0 Å². The summed E-state index contributed by atoms with van der Waals surface area (Å²) in [6.07, 6.45) is 2.66. The minimum Gasteiger partial charge on any atom is -0.497 e. The van der Waals surface area contributed by atoms with Crippen molar-refractivity contribution in [3.63, 3.8) is 0 Å². The average Bonchev–Trinajstić information content (AvgIpc) is 2.69. The van der Waals surface area contributed by atoms with Crippen molar-refractivity contribution < 1.29 is 14.6 Å². The van der Waals surface area contributed by atoms with Gasteiger partial charge in [0.2, 0.25) is 0 Å². The van der Waals surface area contributed by atoms with E-state index >= 15 is 0 Å². The van der Waals surface area contributed by atoms with Gasteiger partial charge in [-0.25, -0.2) is 0 Å². The SMILES string of the molecule is COc1cccc(C(c2ccc(N(C)C)cc2)N2CCCCC2C(=O)O)c1. The Labute approximate surface area is 161 Å². The highest BCUT2D eigenvalue weighted by Gasteiger charge is 2.35. The molecule has 5 heteroatoms. The molecule has 1 fully saturated rings. The summed E-state index contributed by atoms with van der Waals surface area (Å²) < 4.78 is 5.41. The molecule has 27 heavy (non-hydrogen) atoms. The Balaban J connectivity index is 2.06. The van der Waals surface area contributed by atoms with Crippen molar-refractivity contribution in [3.8, 4) is 5.75 Å². The third kappa shape index (κ3) is 4.25. The molecule has 0 aliphatic carbocycles. The van der Waals surface area contributed by atoms with E-state index in [0.29, 0.717) is 6.42 Å². The number of anilines is 1. The van der Waals surface area contributed by atoms with Crippen LogP contribution in [0, 0.1) is 0 Å². The van der Waals surface area contributed by atoms with Gasteiger partial charge >= 0.3 is 5.97 Å². The van der Waals surface area contributed by atoms with Crippen LogP contribution < -0.4 is 9.64 Å². The van der Waals surface area contributed by atoms with Gasteiger partial charge in [0.15, 0.2) is 0 Å². The quantitative estimate of drug-likeness (QED) is 0.841. The van der Waals surface area contributed by atoms with Crippen LogP contribution in [0.3, 0.4) is 0 Å². The van der Waals surface area contributed by atoms with Crippen molar-refractivity contribution in [1.82, 2.24) is 4.90 Å². The summed E-state index contributed by atoms with van der Waals surface area (Å²) in [7, 11) is 5.68. The number of ether oxygens (including phenoxy) is 1. The second-order valence-corrected chi connectivity index (χ2v) is 7.25. The Kier molecular flexibility index (Phi) is 6.01. The molecule has 2 aromatic carbocycles. The molecule has 0 radical (unpaired) electrons. The number of carboxylic acid groups (broad SMARTS) is 1. The molecule has 0 amide bonds. The number of benzene rings is 2. The van der Waals surface area contributed by atoms with Crippen molar-refractivity contribution in [2.75, 3.05) is 32.6 Å². The standard InChI is InChI=1S/C22H28N2O3/c1-23(2)18-12-10-16(11-13-18)21(17-7-6-8-19(15-17)27-3)24-14-5-4-9-20(24)22(25)26/h6-8,10-13,15,20-21H,4-5,9,14H2,1-3H3,(H,25,26). The summed E-state index contributed by atoms with van der Waals surface area (Å²) in [5.41, 5.74) is 3.28. The third-order valence-electron chi connectivity index (χ3n) is 5.30. The summed E-state index contributed by atoms with van der Waals surface area (Å²) in [5.74, 6) is 0.0406. The van der Waals surface area contributed by atoms with Crippen LogP contribution in [0.15, 0.2) is 48.5 Å². The fraction of sp³-hybridized carbons (Fsp3) is 0.409. The zero-order valence-corrected chi connectivity index (χ0v) is 16.3. The molecule has 3 rings (SSSR count). The van der Waals surface area contributed by atoms with E-state index in [4.69, 9.17) is 4.74 Å². The number of nitrogens with zero attached hydrogens (tertiary/aromatic N) is 2. The van der Waals surface area contributed by atoms with Gasteiger partial charge in [0.25, 0.3) is 0 Å². The highest BCUT2D eigenvalue weighted by Crippen LogP contribution is 2.36. The van der Waals surface area contributed by atoms with E-state index in [0.717, 1.165) is 42.0 Å². The van der Waals surface area contributed by atoms with E-state index in [1.165, 1.54) is 0 Å². The van der Waals surface area contributed by atoms with E-state index in [9.17, 15) is 9.90 Å². The Morgan fingerprint density at radius 3 is 2.52 bits per heavy atom. The van der Waals surface area contributed by atoms with Crippen LogP contribution in [0.25, 0.3) is 0 Å². The van der Waals surface area contributed by atoms with Crippen molar-refractivity contribution in [1.29, 1.82) is 0 Å². The van der Waals surface area contributed by atoms with Crippen molar-refractivity contribution >= 4 is 11.7 Å². The molecule has 2 unspecified atom stereocenters. The largest absolute Gasteiger partial charge is 0.497 e. The number of hydrogen-bond donors (Lipinski definition) is 1. The van der Waals surface area contributed by atoms with Gasteiger partial charge < -0.3 is 14.7 Å². The van der Waals surface area contributed by atoms with E-state index in [1.807, 2.05) is 32.3 Å². The number of likely N-dealkylation sites (tertiary alicyclic amines) is 1. The number of carbonyl (C=O) groups is 1. The molecule has 1 aliphatic heterocycles. The van der Waals surface area contributed by atoms with Crippen molar-refractivity contribution in [2.45, 2.75) is 31.3 Å². The molecule has 5 nitrogen and oxygen atoms in total. The van der Waals surface area contributed by atoms with Gasteiger partial charge in [-0.05, 0) is 54.8 Å². The van der Waals surface area contributed by atoms with Gasteiger partial charge in [0.05, 0.1) is 13.2 Å². The highest BCUT2D eigenvalue weighted by molar-refractivity contribution is 5.73. The molecule has 144 valence electrons. The second kappa shape index (κ2) is 8.44. The van der Waals surface area contributed by atoms with Crippen LogP contribution in [0.2, 0.25) is 0 Å². The number of carboxylic acids is 1. The molecule has 0 spiro atoms. The number of hydrogen-bond acceptors (Lipinski definition) is 4. The fourth-order valence-corrected chi connectivity index (χ4v) is 3.87. The van der Waals surface area contributed by atoms with Crippen LogP contribution in [0.5, 0.6) is 5.75 Å². The summed E-state index contributed by atoms with van der Waals surface area (Å²) in [6.45, 7) is 0.772. The first-order chi connectivity index (χ1) is 13.0.